The quantitative estimate of drug-likeness (QED) is 0.677. The smallest absolute Gasteiger partial charge is 0.309 e. The molecule has 0 spiro atoms. The van der Waals surface area contributed by atoms with Gasteiger partial charge in [0, 0.05) is 0 Å². The van der Waals surface area contributed by atoms with Crippen molar-refractivity contribution in [1.29, 1.82) is 0 Å². The lowest BCUT2D eigenvalue weighted by atomic mass is 10.1. The number of carbonyl (C=O) groups excluding carboxylic acids is 1. The number of hydrogen-bond donors (Lipinski definition) is 0. The Morgan fingerprint density at radius 3 is 2.60 bits per heavy atom. The summed E-state index contributed by atoms with van der Waals surface area (Å²) >= 11 is 2.02. The summed E-state index contributed by atoms with van der Waals surface area (Å²) < 4.78 is 4.83. The minimum absolute atomic E-state index is 0.0166. The van der Waals surface area contributed by atoms with E-state index in [4.69, 9.17) is 4.74 Å². The Bertz CT molecular complexity index is 258. The van der Waals surface area contributed by atoms with Crippen molar-refractivity contribution in [3.05, 3.63) is 0 Å². The predicted octanol–water partition coefficient (Wildman–Crippen LogP) is 2.57. The molecule has 2 saturated carbocycles. The van der Waals surface area contributed by atoms with Crippen LogP contribution in [0.4, 0.5) is 0 Å². The van der Waals surface area contributed by atoms with Crippen LogP contribution >= 0.6 is 11.8 Å². The fourth-order valence-corrected chi connectivity index (χ4v) is 3.97. The largest absolute Gasteiger partial charge is 0.469 e. The molecule has 0 unspecified atom stereocenters. The van der Waals surface area contributed by atoms with Crippen LogP contribution in [0.3, 0.4) is 0 Å². The second kappa shape index (κ2) is 4.00. The first-order chi connectivity index (χ1) is 7.07. The van der Waals surface area contributed by atoms with Crippen LogP contribution in [0.2, 0.25) is 0 Å². The van der Waals surface area contributed by atoms with Crippen LogP contribution in [-0.4, -0.2) is 24.6 Å². The molecule has 0 saturated heterocycles. The Hall–Kier alpha value is -0.180. The van der Waals surface area contributed by atoms with E-state index < -0.39 is 0 Å². The summed E-state index contributed by atoms with van der Waals surface area (Å²) in [5, 5.41) is 0. The summed E-state index contributed by atoms with van der Waals surface area (Å²) in [6.45, 7) is 4.36. The van der Waals surface area contributed by atoms with Crippen molar-refractivity contribution in [3.63, 3.8) is 0 Å². The first-order valence-corrected chi connectivity index (χ1v) is 6.88. The maximum Gasteiger partial charge on any atom is 0.309 e. The summed E-state index contributed by atoms with van der Waals surface area (Å²) in [5.41, 5.74) is 0.170. The Labute approximate surface area is 96.1 Å². The van der Waals surface area contributed by atoms with Gasteiger partial charge in [0.05, 0.1) is 13.0 Å². The van der Waals surface area contributed by atoms with E-state index in [-0.39, 0.29) is 17.3 Å². The summed E-state index contributed by atoms with van der Waals surface area (Å²) in [6.07, 6.45) is 2.84. The number of thioether (sulfide) groups is 1. The molecule has 2 aliphatic carbocycles. The lowest BCUT2D eigenvalue weighted by molar-refractivity contribution is -0.143. The van der Waals surface area contributed by atoms with Crippen molar-refractivity contribution < 1.29 is 9.53 Å². The molecule has 15 heavy (non-hydrogen) atoms. The van der Waals surface area contributed by atoms with Gasteiger partial charge >= 0.3 is 5.97 Å². The predicted molar refractivity (Wildman–Crippen MR) is 62.8 cm³/mol. The van der Waals surface area contributed by atoms with Gasteiger partial charge in [-0.15, -0.1) is 0 Å². The number of rotatable bonds is 5. The lowest BCUT2D eigenvalue weighted by Gasteiger charge is -2.01. The molecule has 0 radical (unpaired) electrons. The number of carbonyl (C=O) groups is 1. The van der Waals surface area contributed by atoms with Gasteiger partial charge in [-0.2, -0.15) is 11.8 Å². The van der Waals surface area contributed by atoms with Crippen LogP contribution in [-0.2, 0) is 9.53 Å². The minimum atomic E-state index is -0.0166. The summed E-state index contributed by atoms with van der Waals surface area (Å²) in [7, 11) is 1.49. The van der Waals surface area contributed by atoms with Gasteiger partial charge in [0.2, 0.25) is 0 Å². The van der Waals surface area contributed by atoms with Gasteiger partial charge in [-0.3, -0.25) is 4.79 Å². The number of methoxy groups -OCH3 is 1. The average molecular weight is 228 g/mol. The highest BCUT2D eigenvalue weighted by Crippen LogP contribution is 2.59. The van der Waals surface area contributed by atoms with E-state index in [1.807, 2.05) is 11.8 Å². The Morgan fingerprint density at radius 2 is 2.07 bits per heavy atom. The molecule has 2 fully saturated rings. The van der Waals surface area contributed by atoms with Gasteiger partial charge in [0.15, 0.2) is 0 Å². The van der Waals surface area contributed by atoms with Crippen LogP contribution in [0.1, 0.15) is 26.7 Å². The topological polar surface area (TPSA) is 26.3 Å². The van der Waals surface area contributed by atoms with Crippen LogP contribution in [0, 0.1) is 23.2 Å². The van der Waals surface area contributed by atoms with Crippen LogP contribution in [0.15, 0.2) is 0 Å². The van der Waals surface area contributed by atoms with E-state index in [1.54, 1.807) is 0 Å². The van der Waals surface area contributed by atoms with E-state index in [2.05, 4.69) is 13.8 Å². The molecule has 3 heteroatoms. The molecule has 86 valence electrons. The molecule has 0 aromatic rings. The Kier molecular flexibility index (Phi) is 3.02. The molecule has 2 atom stereocenters. The zero-order valence-corrected chi connectivity index (χ0v) is 10.6. The summed E-state index contributed by atoms with van der Waals surface area (Å²) in [6, 6.07) is 0. The molecule has 0 aromatic heterocycles. The van der Waals surface area contributed by atoms with Crippen molar-refractivity contribution in [2.45, 2.75) is 26.7 Å². The highest BCUT2D eigenvalue weighted by molar-refractivity contribution is 7.99. The highest BCUT2D eigenvalue weighted by Gasteiger charge is 2.61. The Balaban J connectivity index is 1.74. The Morgan fingerprint density at radius 1 is 1.40 bits per heavy atom. The van der Waals surface area contributed by atoms with Gasteiger partial charge in [0.25, 0.3) is 0 Å². The minimum Gasteiger partial charge on any atom is -0.469 e. The normalized spacial score (nSPS) is 32.5. The van der Waals surface area contributed by atoms with Crippen molar-refractivity contribution in [1.82, 2.24) is 0 Å². The maximum atomic E-state index is 11.5. The number of hydrogen-bond acceptors (Lipinski definition) is 3. The molecule has 2 aliphatic rings. The van der Waals surface area contributed by atoms with E-state index in [9.17, 15) is 4.79 Å². The average Bonchev–Trinajstić information content (AvgIpc) is 3.06. The van der Waals surface area contributed by atoms with Crippen molar-refractivity contribution in [3.8, 4) is 0 Å². The third-order valence-electron chi connectivity index (χ3n) is 3.85. The number of ether oxygens (including phenoxy) is 1. The lowest BCUT2D eigenvalue weighted by Crippen LogP contribution is -2.07. The standard InChI is InChI=1S/C12H20O2S/c1-12(2)9(10(12)11(13)14-3)7-15-6-8-4-5-8/h8-10H,4-7H2,1-3H3/t9-,10-/m0/s1. The van der Waals surface area contributed by atoms with Gasteiger partial charge in [-0.05, 0) is 41.6 Å². The monoisotopic (exact) mass is 228 g/mol. The van der Waals surface area contributed by atoms with Crippen LogP contribution in [0.25, 0.3) is 0 Å². The molecule has 0 amide bonds. The zero-order valence-electron chi connectivity index (χ0n) is 9.79. The second-order valence-electron chi connectivity index (χ2n) is 5.41. The fraction of sp³-hybridized carbons (Fsp3) is 0.917. The molecular weight excluding hydrogens is 208 g/mol. The SMILES string of the molecule is COC(=O)[C@@H]1[C@H](CSCC2CC2)C1(C)C. The van der Waals surface area contributed by atoms with Gasteiger partial charge in [-0.1, -0.05) is 13.8 Å². The second-order valence-corrected chi connectivity index (χ2v) is 6.48. The van der Waals surface area contributed by atoms with E-state index in [1.165, 1.54) is 25.7 Å². The zero-order chi connectivity index (χ0) is 11.1. The van der Waals surface area contributed by atoms with Crippen molar-refractivity contribution in [2.75, 3.05) is 18.6 Å². The first-order valence-electron chi connectivity index (χ1n) is 5.73. The third-order valence-corrected chi connectivity index (χ3v) is 5.16. The van der Waals surface area contributed by atoms with Gasteiger partial charge in [-0.25, -0.2) is 0 Å². The van der Waals surface area contributed by atoms with Crippen LogP contribution < -0.4 is 0 Å². The molecular formula is C12H20O2S. The van der Waals surface area contributed by atoms with Gasteiger partial charge in [0.1, 0.15) is 0 Å². The van der Waals surface area contributed by atoms with E-state index >= 15 is 0 Å². The molecule has 0 bridgehead atoms. The van der Waals surface area contributed by atoms with Crippen LogP contribution in [0.5, 0.6) is 0 Å². The van der Waals surface area contributed by atoms with Crippen molar-refractivity contribution >= 4 is 17.7 Å². The van der Waals surface area contributed by atoms with Gasteiger partial charge < -0.3 is 4.74 Å². The first kappa shape index (κ1) is 11.3. The fourth-order valence-electron chi connectivity index (χ4n) is 2.30. The highest BCUT2D eigenvalue weighted by atomic mass is 32.2. The summed E-state index contributed by atoms with van der Waals surface area (Å²) in [5.74, 6) is 4.07. The van der Waals surface area contributed by atoms with Crippen molar-refractivity contribution in [2.24, 2.45) is 23.2 Å². The molecule has 0 aliphatic heterocycles. The molecule has 0 aromatic carbocycles. The maximum absolute atomic E-state index is 11.5. The van der Waals surface area contributed by atoms with E-state index in [0.717, 1.165) is 11.7 Å². The third kappa shape index (κ3) is 2.32. The number of esters is 1. The van der Waals surface area contributed by atoms with E-state index in [0.29, 0.717) is 5.92 Å². The summed E-state index contributed by atoms with van der Waals surface area (Å²) in [4.78, 5) is 11.5. The molecule has 0 N–H and O–H groups in total. The molecule has 0 heterocycles. The molecule has 2 rings (SSSR count). The molecule has 2 nitrogen and oxygen atoms in total.